The van der Waals surface area contributed by atoms with E-state index < -0.39 is 0 Å². The number of aliphatic hydroxyl groups excluding tert-OH is 1. The van der Waals surface area contributed by atoms with Gasteiger partial charge < -0.3 is 16.2 Å². The highest BCUT2D eigenvalue weighted by atomic mass is 32.1. The van der Waals surface area contributed by atoms with Crippen LogP contribution in [0.2, 0.25) is 0 Å². The molecule has 1 aromatic heterocycles. The van der Waals surface area contributed by atoms with Gasteiger partial charge in [-0.2, -0.15) is 0 Å². The van der Waals surface area contributed by atoms with Crippen LogP contribution in [0, 0.1) is 5.92 Å². The minimum Gasteiger partial charge on any atom is -0.396 e. The maximum atomic E-state index is 11.5. The molecule has 1 rings (SSSR count). The first kappa shape index (κ1) is 13.9. The fourth-order valence-corrected chi connectivity index (χ4v) is 1.96. The second-order valence-electron chi connectivity index (χ2n) is 4.13. The van der Waals surface area contributed by atoms with Crippen LogP contribution in [-0.4, -0.2) is 29.1 Å². The van der Waals surface area contributed by atoms with Crippen LogP contribution in [0.4, 0.5) is 5.13 Å². The van der Waals surface area contributed by atoms with Crippen molar-refractivity contribution in [2.45, 2.75) is 26.2 Å². The van der Waals surface area contributed by atoms with Gasteiger partial charge in [-0.05, 0) is 18.8 Å². The minimum atomic E-state index is -0.0352. The molecule has 1 aromatic rings. The lowest BCUT2D eigenvalue weighted by atomic mass is 10.1. The molecule has 0 spiro atoms. The van der Waals surface area contributed by atoms with Gasteiger partial charge in [-0.3, -0.25) is 4.79 Å². The number of hydrogen-bond acceptors (Lipinski definition) is 5. The molecule has 0 aliphatic rings. The van der Waals surface area contributed by atoms with Crippen molar-refractivity contribution >= 4 is 22.4 Å². The molecule has 1 atom stereocenters. The quantitative estimate of drug-likeness (QED) is 0.630. The largest absolute Gasteiger partial charge is 0.396 e. The minimum absolute atomic E-state index is 0.0352. The van der Waals surface area contributed by atoms with Gasteiger partial charge in [0.15, 0.2) is 5.13 Å². The lowest BCUT2D eigenvalue weighted by molar-refractivity contribution is -0.120. The zero-order valence-corrected chi connectivity index (χ0v) is 10.8. The summed E-state index contributed by atoms with van der Waals surface area (Å²) in [5, 5.41) is 13.9. The number of anilines is 1. The normalized spacial score (nSPS) is 12.4. The fourth-order valence-electron chi connectivity index (χ4n) is 1.40. The average molecular weight is 257 g/mol. The Morgan fingerprint density at radius 1 is 1.71 bits per heavy atom. The van der Waals surface area contributed by atoms with Gasteiger partial charge in [0.2, 0.25) is 5.91 Å². The second-order valence-corrected chi connectivity index (χ2v) is 5.02. The van der Waals surface area contributed by atoms with E-state index in [1.54, 1.807) is 5.38 Å². The molecule has 0 radical (unpaired) electrons. The molecule has 6 heteroatoms. The summed E-state index contributed by atoms with van der Waals surface area (Å²) in [4.78, 5) is 15.5. The van der Waals surface area contributed by atoms with Crippen molar-refractivity contribution in [1.29, 1.82) is 0 Å². The van der Waals surface area contributed by atoms with Crippen LogP contribution in [0.5, 0.6) is 0 Å². The van der Waals surface area contributed by atoms with Crippen molar-refractivity contribution in [3.05, 3.63) is 11.1 Å². The maximum absolute atomic E-state index is 11.5. The van der Waals surface area contributed by atoms with Gasteiger partial charge >= 0.3 is 0 Å². The lowest BCUT2D eigenvalue weighted by Crippen LogP contribution is -2.26. The molecule has 0 aliphatic carbocycles. The van der Waals surface area contributed by atoms with Crippen molar-refractivity contribution in [1.82, 2.24) is 10.3 Å². The van der Waals surface area contributed by atoms with Crippen LogP contribution < -0.4 is 11.1 Å². The van der Waals surface area contributed by atoms with Crippen molar-refractivity contribution < 1.29 is 9.90 Å². The fraction of sp³-hybridized carbons (Fsp3) is 0.636. The topological polar surface area (TPSA) is 88.2 Å². The summed E-state index contributed by atoms with van der Waals surface area (Å²) >= 11 is 1.34. The Hall–Kier alpha value is -1.14. The standard InChI is InChI=1S/C11H19N3O2S/c1-8(6-15)3-2-4-13-10(16)5-9-7-17-11(12)14-9/h7-8,15H,2-6H2,1H3,(H2,12,14)(H,13,16). The molecular weight excluding hydrogens is 238 g/mol. The summed E-state index contributed by atoms with van der Waals surface area (Å²) in [7, 11) is 0. The number of rotatable bonds is 7. The van der Waals surface area contributed by atoms with Crippen LogP contribution in [0.15, 0.2) is 5.38 Å². The summed E-state index contributed by atoms with van der Waals surface area (Å²) in [6.45, 7) is 2.83. The van der Waals surface area contributed by atoms with E-state index in [0.29, 0.717) is 23.3 Å². The predicted octanol–water partition coefficient (Wildman–Crippen LogP) is 0.793. The molecule has 0 saturated carbocycles. The Bertz CT molecular complexity index is 354. The molecule has 0 aromatic carbocycles. The maximum Gasteiger partial charge on any atom is 0.226 e. The van der Waals surface area contributed by atoms with Gasteiger partial charge in [-0.25, -0.2) is 4.98 Å². The third kappa shape index (κ3) is 5.65. The van der Waals surface area contributed by atoms with Crippen LogP contribution >= 0.6 is 11.3 Å². The molecular formula is C11H19N3O2S. The zero-order valence-electron chi connectivity index (χ0n) is 9.98. The van der Waals surface area contributed by atoms with E-state index in [-0.39, 0.29) is 18.9 Å². The summed E-state index contributed by atoms with van der Waals surface area (Å²) in [5.41, 5.74) is 6.19. The number of nitrogens with zero attached hydrogens (tertiary/aromatic N) is 1. The number of hydrogen-bond donors (Lipinski definition) is 3. The molecule has 0 fully saturated rings. The highest BCUT2D eigenvalue weighted by Crippen LogP contribution is 2.11. The van der Waals surface area contributed by atoms with Crippen molar-refractivity contribution in [2.75, 3.05) is 18.9 Å². The van der Waals surface area contributed by atoms with Gasteiger partial charge in [0, 0.05) is 18.5 Å². The van der Waals surface area contributed by atoms with E-state index >= 15 is 0 Å². The van der Waals surface area contributed by atoms with E-state index in [0.717, 1.165) is 12.8 Å². The van der Waals surface area contributed by atoms with Gasteiger partial charge in [0.25, 0.3) is 0 Å². The first-order valence-corrected chi connectivity index (χ1v) is 6.57. The van der Waals surface area contributed by atoms with Crippen LogP contribution in [0.1, 0.15) is 25.5 Å². The van der Waals surface area contributed by atoms with Crippen molar-refractivity contribution in [2.24, 2.45) is 5.92 Å². The van der Waals surface area contributed by atoms with Gasteiger partial charge in [0.05, 0.1) is 12.1 Å². The van der Waals surface area contributed by atoms with Crippen LogP contribution in [0.25, 0.3) is 0 Å². The van der Waals surface area contributed by atoms with E-state index in [1.165, 1.54) is 11.3 Å². The first-order valence-electron chi connectivity index (χ1n) is 5.69. The number of nitrogens with two attached hydrogens (primary N) is 1. The van der Waals surface area contributed by atoms with Gasteiger partial charge in [0.1, 0.15) is 0 Å². The Kier molecular flexibility index (Phi) is 5.93. The highest BCUT2D eigenvalue weighted by Gasteiger charge is 2.06. The summed E-state index contributed by atoms with van der Waals surface area (Å²) in [6.07, 6.45) is 2.08. The smallest absolute Gasteiger partial charge is 0.226 e. The van der Waals surface area contributed by atoms with Crippen molar-refractivity contribution in [3.63, 3.8) is 0 Å². The Morgan fingerprint density at radius 2 is 2.47 bits per heavy atom. The second kappa shape index (κ2) is 7.24. The number of aromatic nitrogens is 1. The number of aliphatic hydroxyl groups is 1. The first-order chi connectivity index (χ1) is 8.11. The summed E-state index contributed by atoms with van der Waals surface area (Å²) < 4.78 is 0. The third-order valence-corrected chi connectivity index (χ3v) is 3.14. The number of nitrogens with one attached hydrogen (secondary N) is 1. The van der Waals surface area contributed by atoms with Crippen LogP contribution in [0.3, 0.4) is 0 Å². The number of nitrogen functional groups attached to an aromatic ring is 1. The Labute approximate surface area is 105 Å². The molecule has 5 nitrogen and oxygen atoms in total. The number of thiazole rings is 1. The van der Waals surface area contributed by atoms with E-state index in [9.17, 15) is 4.79 Å². The molecule has 0 aliphatic heterocycles. The SMILES string of the molecule is CC(CO)CCCNC(=O)Cc1csc(N)n1. The summed E-state index contributed by atoms with van der Waals surface area (Å²) in [6, 6.07) is 0. The Balaban J connectivity index is 2.13. The number of amides is 1. The molecule has 96 valence electrons. The van der Waals surface area contributed by atoms with Gasteiger partial charge in [-0.1, -0.05) is 6.92 Å². The van der Waals surface area contributed by atoms with Crippen molar-refractivity contribution in [3.8, 4) is 0 Å². The molecule has 0 saturated heterocycles. The van der Waals surface area contributed by atoms with Gasteiger partial charge in [-0.15, -0.1) is 11.3 Å². The molecule has 4 N–H and O–H groups in total. The average Bonchev–Trinajstić information content (AvgIpc) is 2.69. The number of carbonyl (C=O) groups is 1. The summed E-state index contributed by atoms with van der Waals surface area (Å²) in [5.74, 6) is 0.261. The molecule has 0 bridgehead atoms. The zero-order chi connectivity index (χ0) is 12.7. The monoisotopic (exact) mass is 257 g/mol. The number of carbonyl (C=O) groups excluding carboxylic acids is 1. The molecule has 1 unspecified atom stereocenters. The Morgan fingerprint density at radius 3 is 3.06 bits per heavy atom. The molecule has 1 amide bonds. The molecule has 1 heterocycles. The third-order valence-electron chi connectivity index (χ3n) is 2.42. The van der Waals surface area contributed by atoms with E-state index in [4.69, 9.17) is 10.8 Å². The van der Waals surface area contributed by atoms with Crippen LogP contribution in [-0.2, 0) is 11.2 Å². The predicted molar refractivity (Wildman–Crippen MR) is 68.7 cm³/mol. The highest BCUT2D eigenvalue weighted by molar-refractivity contribution is 7.13. The lowest BCUT2D eigenvalue weighted by Gasteiger charge is -2.07. The molecule has 17 heavy (non-hydrogen) atoms. The van der Waals surface area contributed by atoms with E-state index in [2.05, 4.69) is 10.3 Å². The van der Waals surface area contributed by atoms with E-state index in [1.807, 2.05) is 6.92 Å².